The normalized spacial score (nSPS) is 11.1. The van der Waals surface area contributed by atoms with Crippen LogP contribution in [-0.4, -0.2) is 18.1 Å². The van der Waals surface area contributed by atoms with Crippen molar-refractivity contribution in [3.8, 4) is 5.75 Å². The molecule has 1 rings (SSSR count). The van der Waals surface area contributed by atoms with E-state index in [2.05, 4.69) is 0 Å². The van der Waals surface area contributed by atoms with Crippen molar-refractivity contribution < 1.29 is 9.53 Å². The molecule has 0 bridgehead atoms. The zero-order valence-electron chi connectivity index (χ0n) is 8.61. The van der Waals surface area contributed by atoms with Gasteiger partial charge in [-0.1, -0.05) is 0 Å². The number of aldehydes is 1. The molecule has 0 spiro atoms. The third-order valence-electron chi connectivity index (χ3n) is 1.72. The highest BCUT2D eigenvalue weighted by Gasteiger charge is 2.17. The van der Waals surface area contributed by atoms with Gasteiger partial charge in [-0.05, 0) is 38.1 Å². The molecule has 14 heavy (non-hydrogen) atoms. The maximum atomic E-state index is 10.7. The lowest BCUT2D eigenvalue weighted by Crippen LogP contribution is -2.15. The minimum atomic E-state index is -0.366. The molecule has 0 saturated heterocycles. The molecule has 0 fully saturated rings. The van der Waals surface area contributed by atoms with E-state index in [9.17, 15) is 4.79 Å². The van der Waals surface area contributed by atoms with Crippen molar-refractivity contribution in [1.82, 2.24) is 0 Å². The predicted molar refractivity (Wildman–Crippen MR) is 59.0 cm³/mol. The summed E-state index contributed by atoms with van der Waals surface area (Å²) in [7, 11) is 1.64. The van der Waals surface area contributed by atoms with Crippen LogP contribution in [0.2, 0.25) is 0 Å². The molecule has 1 aromatic carbocycles. The molecule has 0 unspecified atom stereocenters. The Hall–Kier alpha value is -0.960. The third kappa shape index (κ3) is 3.07. The topological polar surface area (TPSA) is 26.3 Å². The molecule has 0 atom stereocenters. The Labute approximate surface area is 88.7 Å². The van der Waals surface area contributed by atoms with E-state index >= 15 is 0 Å². The molecule has 2 nitrogen and oxygen atoms in total. The Morgan fingerprint density at radius 2 is 1.86 bits per heavy atom. The van der Waals surface area contributed by atoms with Gasteiger partial charge < -0.3 is 9.53 Å². The summed E-state index contributed by atoms with van der Waals surface area (Å²) < 4.78 is 4.68. The summed E-state index contributed by atoms with van der Waals surface area (Å²) in [5.41, 5.74) is 0. The number of ether oxygens (including phenoxy) is 1. The first kappa shape index (κ1) is 11.1. The van der Waals surface area contributed by atoms with Gasteiger partial charge in [0.05, 0.1) is 11.9 Å². The van der Waals surface area contributed by atoms with Gasteiger partial charge in [0, 0.05) is 4.90 Å². The first-order chi connectivity index (χ1) is 6.57. The van der Waals surface area contributed by atoms with E-state index in [1.54, 1.807) is 18.9 Å². The van der Waals surface area contributed by atoms with Crippen molar-refractivity contribution in [2.24, 2.45) is 0 Å². The fraction of sp³-hybridized carbons (Fsp3) is 0.364. The van der Waals surface area contributed by atoms with E-state index in [-0.39, 0.29) is 4.75 Å². The van der Waals surface area contributed by atoms with Crippen molar-refractivity contribution in [3.05, 3.63) is 24.3 Å². The second-order valence-electron chi connectivity index (χ2n) is 3.50. The average molecular weight is 210 g/mol. The molecule has 0 aliphatic rings. The van der Waals surface area contributed by atoms with Gasteiger partial charge in [-0.2, -0.15) is 0 Å². The number of carbonyl (C=O) groups excluding carboxylic acids is 1. The van der Waals surface area contributed by atoms with Gasteiger partial charge in [0.15, 0.2) is 0 Å². The standard InChI is InChI=1S/C11H14O2S/c1-11(2,8-12)14-10-6-4-9(13-3)5-7-10/h4-8H,1-3H3. The van der Waals surface area contributed by atoms with Crippen molar-refractivity contribution in [2.45, 2.75) is 23.5 Å². The van der Waals surface area contributed by atoms with E-state index in [0.717, 1.165) is 16.9 Å². The van der Waals surface area contributed by atoms with Crippen LogP contribution in [0.5, 0.6) is 5.75 Å². The molecule has 0 aliphatic heterocycles. The van der Waals surface area contributed by atoms with E-state index in [1.807, 2.05) is 38.1 Å². The van der Waals surface area contributed by atoms with Crippen molar-refractivity contribution in [3.63, 3.8) is 0 Å². The van der Waals surface area contributed by atoms with Crippen molar-refractivity contribution in [1.29, 1.82) is 0 Å². The van der Waals surface area contributed by atoms with E-state index in [0.29, 0.717) is 0 Å². The number of rotatable bonds is 4. The fourth-order valence-electron chi connectivity index (χ4n) is 0.972. The van der Waals surface area contributed by atoms with Crippen LogP contribution in [0.4, 0.5) is 0 Å². The highest BCUT2D eigenvalue weighted by molar-refractivity contribution is 8.01. The summed E-state index contributed by atoms with van der Waals surface area (Å²) in [6.07, 6.45) is 0.960. The maximum absolute atomic E-state index is 10.7. The highest BCUT2D eigenvalue weighted by Crippen LogP contribution is 2.31. The molecule has 0 heterocycles. The number of hydrogen-bond acceptors (Lipinski definition) is 3. The van der Waals surface area contributed by atoms with Crippen LogP contribution >= 0.6 is 11.8 Å². The first-order valence-electron chi connectivity index (χ1n) is 4.37. The lowest BCUT2D eigenvalue weighted by Gasteiger charge is -2.15. The highest BCUT2D eigenvalue weighted by atomic mass is 32.2. The zero-order valence-corrected chi connectivity index (χ0v) is 9.43. The second-order valence-corrected chi connectivity index (χ2v) is 5.23. The maximum Gasteiger partial charge on any atom is 0.135 e. The SMILES string of the molecule is COc1ccc(SC(C)(C)C=O)cc1. The van der Waals surface area contributed by atoms with Crippen molar-refractivity contribution in [2.75, 3.05) is 7.11 Å². The van der Waals surface area contributed by atoms with Gasteiger partial charge in [0.1, 0.15) is 12.0 Å². The molecule has 0 saturated carbocycles. The third-order valence-corrected chi connectivity index (χ3v) is 2.85. The van der Waals surface area contributed by atoms with Crippen LogP contribution in [-0.2, 0) is 4.79 Å². The lowest BCUT2D eigenvalue weighted by atomic mass is 10.2. The zero-order chi connectivity index (χ0) is 10.6. The van der Waals surface area contributed by atoms with E-state index in [4.69, 9.17) is 4.74 Å². The number of carbonyl (C=O) groups is 1. The molecule has 76 valence electrons. The molecule has 0 amide bonds. The molecular formula is C11H14O2S. The number of thioether (sulfide) groups is 1. The van der Waals surface area contributed by atoms with Crippen LogP contribution < -0.4 is 4.74 Å². The van der Waals surface area contributed by atoms with E-state index < -0.39 is 0 Å². The molecule has 1 aromatic rings. The molecule has 0 aliphatic carbocycles. The van der Waals surface area contributed by atoms with Crippen LogP contribution in [0.1, 0.15) is 13.8 Å². The Balaban J connectivity index is 2.73. The summed E-state index contributed by atoms with van der Waals surface area (Å²) in [5, 5.41) is 0. The largest absolute Gasteiger partial charge is 0.497 e. The van der Waals surface area contributed by atoms with Gasteiger partial charge in [0.25, 0.3) is 0 Å². The summed E-state index contributed by atoms with van der Waals surface area (Å²) in [6, 6.07) is 7.69. The minimum absolute atomic E-state index is 0.366. The lowest BCUT2D eigenvalue weighted by molar-refractivity contribution is -0.109. The van der Waals surface area contributed by atoms with Crippen LogP contribution in [0.25, 0.3) is 0 Å². The van der Waals surface area contributed by atoms with Gasteiger partial charge in [0.2, 0.25) is 0 Å². The summed E-state index contributed by atoms with van der Waals surface area (Å²) in [6.45, 7) is 3.80. The molecule has 0 aromatic heterocycles. The minimum Gasteiger partial charge on any atom is -0.497 e. The number of benzene rings is 1. The Kier molecular flexibility index (Phi) is 3.58. The van der Waals surface area contributed by atoms with Crippen LogP contribution in [0.3, 0.4) is 0 Å². The summed E-state index contributed by atoms with van der Waals surface area (Å²) >= 11 is 1.54. The Morgan fingerprint density at radius 3 is 2.29 bits per heavy atom. The fourth-order valence-corrected chi connectivity index (χ4v) is 1.90. The van der Waals surface area contributed by atoms with Gasteiger partial charge in [-0.25, -0.2) is 0 Å². The number of hydrogen-bond donors (Lipinski definition) is 0. The van der Waals surface area contributed by atoms with Crippen LogP contribution in [0.15, 0.2) is 29.2 Å². The van der Waals surface area contributed by atoms with Gasteiger partial charge in [-0.3, -0.25) is 0 Å². The quantitative estimate of drug-likeness (QED) is 0.564. The smallest absolute Gasteiger partial charge is 0.135 e. The monoisotopic (exact) mass is 210 g/mol. The first-order valence-corrected chi connectivity index (χ1v) is 5.18. The van der Waals surface area contributed by atoms with Crippen molar-refractivity contribution >= 4 is 18.0 Å². The van der Waals surface area contributed by atoms with Gasteiger partial charge >= 0.3 is 0 Å². The van der Waals surface area contributed by atoms with Gasteiger partial charge in [-0.15, -0.1) is 11.8 Å². The predicted octanol–water partition coefficient (Wildman–Crippen LogP) is 2.76. The van der Waals surface area contributed by atoms with E-state index in [1.165, 1.54) is 0 Å². The summed E-state index contributed by atoms with van der Waals surface area (Å²) in [4.78, 5) is 11.8. The summed E-state index contributed by atoms with van der Waals surface area (Å²) in [5.74, 6) is 0.832. The molecule has 0 radical (unpaired) electrons. The molecular weight excluding hydrogens is 196 g/mol. The Bertz CT molecular complexity index is 304. The molecule has 0 N–H and O–H groups in total. The second kappa shape index (κ2) is 4.51. The average Bonchev–Trinajstić information content (AvgIpc) is 2.19. The molecule has 3 heteroatoms. The number of methoxy groups -OCH3 is 1. The Morgan fingerprint density at radius 1 is 1.29 bits per heavy atom. The van der Waals surface area contributed by atoms with Crippen LogP contribution in [0, 0.1) is 0 Å².